The molecule has 0 atom stereocenters. The normalized spacial score (nSPS) is 11.3. The first kappa shape index (κ1) is 24.4. The zero-order valence-electron chi connectivity index (χ0n) is 19.3. The molecule has 0 saturated carbocycles. The molecule has 6 nitrogen and oxygen atoms in total. The highest BCUT2D eigenvalue weighted by Crippen LogP contribution is 2.30. The second-order valence-electron chi connectivity index (χ2n) is 8.44. The molecule has 0 saturated heterocycles. The first-order valence-electron chi connectivity index (χ1n) is 10.9. The van der Waals surface area contributed by atoms with Crippen molar-refractivity contribution in [2.45, 2.75) is 40.0 Å². The topological polar surface area (TPSA) is 70.7 Å². The number of anilines is 1. The molecule has 0 fully saturated rings. The van der Waals surface area contributed by atoms with Crippen LogP contribution in [-0.2, 0) is 10.2 Å². The van der Waals surface area contributed by atoms with Crippen LogP contribution in [0.4, 0.5) is 5.69 Å². The smallest absolute Gasteiger partial charge is 0.262 e. The Labute approximate surface area is 186 Å². The Morgan fingerprint density at radius 3 is 2.23 bits per heavy atom. The molecule has 0 heterocycles. The molecule has 2 aromatic rings. The van der Waals surface area contributed by atoms with Crippen LogP contribution in [0.3, 0.4) is 0 Å². The van der Waals surface area contributed by atoms with Crippen molar-refractivity contribution in [2.75, 3.05) is 38.1 Å². The van der Waals surface area contributed by atoms with E-state index in [1.165, 1.54) is 0 Å². The van der Waals surface area contributed by atoms with Gasteiger partial charge >= 0.3 is 0 Å². The van der Waals surface area contributed by atoms with Crippen LogP contribution in [0.15, 0.2) is 48.5 Å². The van der Waals surface area contributed by atoms with Gasteiger partial charge in [-0.05, 0) is 54.4 Å². The third kappa shape index (κ3) is 7.72. The molecule has 0 radical (unpaired) electrons. The van der Waals surface area contributed by atoms with Gasteiger partial charge in [0.1, 0.15) is 5.75 Å². The third-order valence-corrected chi connectivity index (χ3v) is 5.09. The molecule has 2 aromatic carbocycles. The summed E-state index contributed by atoms with van der Waals surface area (Å²) in [5.74, 6) is 0.342. The van der Waals surface area contributed by atoms with E-state index in [1.807, 2.05) is 24.3 Å². The molecule has 2 amide bonds. The zero-order valence-corrected chi connectivity index (χ0v) is 19.3. The highest BCUT2D eigenvalue weighted by atomic mass is 16.5. The Morgan fingerprint density at radius 2 is 1.61 bits per heavy atom. The zero-order chi connectivity index (χ0) is 22.9. The van der Waals surface area contributed by atoms with E-state index in [9.17, 15) is 9.59 Å². The van der Waals surface area contributed by atoms with Crippen LogP contribution in [0.25, 0.3) is 0 Å². The van der Waals surface area contributed by atoms with Crippen LogP contribution in [0.1, 0.15) is 50.5 Å². The van der Waals surface area contributed by atoms with Crippen molar-refractivity contribution in [3.63, 3.8) is 0 Å². The minimum absolute atomic E-state index is 0.0746. The van der Waals surface area contributed by atoms with Crippen LogP contribution < -0.4 is 15.4 Å². The van der Waals surface area contributed by atoms with Gasteiger partial charge in [0, 0.05) is 24.3 Å². The van der Waals surface area contributed by atoms with Crippen molar-refractivity contribution in [3.8, 4) is 5.75 Å². The van der Waals surface area contributed by atoms with E-state index in [0.29, 0.717) is 23.5 Å². The number of nitrogens with one attached hydrogen (secondary N) is 2. The number of para-hydroxylation sites is 1. The van der Waals surface area contributed by atoms with Crippen molar-refractivity contribution in [1.29, 1.82) is 0 Å². The summed E-state index contributed by atoms with van der Waals surface area (Å²) in [6, 6.07) is 14.6. The molecule has 0 unspecified atom stereocenters. The Balaban J connectivity index is 1.85. The number of amides is 2. The standard InChI is InChI=1S/C25H35N3O3/c1-6-28(7-2)17-16-26-24(30)19-12-14-20(15-13-19)27-23(29)18-31-22-11-9-8-10-21(22)25(3,4)5/h8-15H,6-7,16-18H2,1-5H3,(H,26,30)(H,27,29). The summed E-state index contributed by atoms with van der Waals surface area (Å²) in [5, 5.41) is 5.73. The van der Waals surface area contributed by atoms with Gasteiger partial charge in [-0.15, -0.1) is 0 Å². The largest absolute Gasteiger partial charge is 0.483 e. The maximum atomic E-state index is 12.3. The van der Waals surface area contributed by atoms with E-state index < -0.39 is 0 Å². The second-order valence-corrected chi connectivity index (χ2v) is 8.44. The van der Waals surface area contributed by atoms with Gasteiger partial charge in [0.2, 0.25) is 0 Å². The maximum absolute atomic E-state index is 12.3. The first-order valence-corrected chi connectivity index (χ1v) is 10.9. The van der Waals surface area contributed by atoms with Gasteiger partial charge in [-0.3, -0.25) is 9.59 Å². The molecule has 0 bridgehead atoms. The maximum Gasteiger partial charge on any atom is 0.262 e. The monoisotopic (exact) mass is 425 g/mol. The lowest BCUT2D eigenvalue weighted by atomic mass is 9.86. The van der Waals surface area contributed by atoms with Crippen LogP contribution in [-0.4, -0.2) is 49.5 Å². The summed E-state index contributed by atoms with van der Waals surface area (Å²) in [7, 11) is 0. The predicted octanol–water partition coefficient (Wildman–Crippen LogP) is 4.07. The number of carbonyl (C=O) groups is 2. The number of ether oxygens (including phenoxy) is 1. The average Bonchev–Trinajstić information content (AvgIpc) is 2.75. The number of carbonyl (C=O) groups excluding carboxylic acids is 2. The third-order valence-electron chi connectivity index (χ3n) is 5.09. The average molecular weight is 426 g/mol. The van der Waals surface area contributed by atoms with Gasteiger partial charge in [0.15, 0.2) is 6.61 Å². The summed E-state index contributed by atoms with van der Waals surface area (Å²) < 4.78 is 5.76. The van der Waals surface area contributed by atoms with Gasteiger partial charge in [-0.2, -0.15) is 0 Å². The van der Waals surface area contributed by atoms with E-state index in [1.54, 1.807) is 24.3 Å². The second kappa shape index (κ2) is 11.5. The number of benzene rings is 2. The fourth-order valence-corrected chi connectivity index (χ4v) is 3.23. The molecule has 2 rings (SSSR count). The summed E-state index contributed by atoms with van der Waals surface area (Å²) in [4.78, 5) is 26.8. The fraction of sp³-hybridized carbons (Fsp3) is 0.440. The van der Waals surface area contributed by atoms with Crippen molar-refractivity contribution < 1.29 is 14.3 Å². The first-order chi connectivity index (χ1) is 14.7. The van der Waals surface area contributed by atoms with Crippen molar-refractivity contribution in [2.24, 2.45) is 0 Å². The molecule has 0 aromatic heterocycles. The molecular formula is C25H35N3O3. The van der Waals surface area contributed by atoms with E-state index >= 15 is 0 Å². The van der Waals surface area contributed by atoms with Gasteiger partial charge in [-0.25, -0.2) is 0 Å². The molecule has 0 aliphatic heterocycles. The van der Waals surface area contributed by atoms with Gasteiger partial charge in [0.25, 0.3) is 11.8 Å². The number of hydrogen-bond acceptors (Lipinski definition) is 4. The van der Waals surface area contributed by atoms with Crippen molar-refractivity contribution in [1.82, 2.24) is 10.2 Å². The van der Waals surface area contributed by atoms with Crippen LogP contribution in [0.2, 0.25) is 0 Å². The van der Waals surface area contributed by atoms with Crippen LogP contribution >= 0.6 is 0 Å². The molecule has 0 aliphatic carbocycles. The summed E-state index contributed by atoms with van der Waals surface area (Å²) in [6.45, 7) is 13.8. The van der Waals surface area contributed by atoms with Crippen LogP contribution in [0, 0.1) is 0 Å². The number of nitrogens with zero attached hydrogens (tertiary/aromatic N) is 1. The SMILES string of the molecule is CCN(CC)CCNC(=O)c1ccc(NC(=O)COc2ccccc2C(C)(C)C)cc1. The molecule has 168 valence electrons. The minimum Gasteiger partial charge on any atom is -0.483 e. The molecule has 31 heavy (non-hydrogen) atoms. The van der Waals surface area contributed by atoms with E-state index in [0.717, 1.165) is 25.2 Å². The molecule has 0 spiro atoms. The lowest BCUT2D eigenvalue weighted by Gasteiger charge is -2.22. The summed E-state index contributed by atoms with van der Waals surface area (Å²) >= 11 is 0. The van der Waals surface area contributed by atoms with Gasteiger partial charge in [0.05, 0.1) is 0 Å². The minimum atomic E-state index is -0.250. The molecule has 0 aliphatic rings. The lowest BCUT2D eigenvalue weighted by Crippen LogP contribution is -2.34. The number of likely N-dealkylation sites (N-methyl/N-ethyl adjacent to an activating group) is 1. The lowest BCUT2D eigenvalue weighted by molar-refractivity contribution is -0.118. The highest BCUT2D eigenvalue weighted by molar-refractivity contribution is 5.96. The Morgan fingerprint density at radius 1 is 0.968 bits per heavy atom. The van der Waals surface area contributed by atoms with Crippen molar-refractivity contribution >= 4 is 17.5 Å². The number of rotatable bonds is 10. The van der Waals surface area contributed by atoms with Crippen molar-refractivity contribution in [3.05, 3.63) is 59.7 Å². The van der Waals surface area contributed by atoms with Crippen LogP contribution in [0.5, 0.6) is 5.75 Å². The van der Waals surface area contributed by atoms with E-state index in [-0.39, 0.29) is 23.8 Å². The Hall–Kier alpha value is -2.86. The predicted molar refractivity (Wildman–Crippen MR) is 126 cm³/mol. The quantitative estimate of drug-likeness (QED) is 0.602. The highest BCUT2D eigenvalue weighted by Gasteiger charge is 2.19. The van der Waals surface area contributed by atoms with Gasteiger partial charge in [-0.1, -0.05) is 52.8 Å². The molecular weight excluding hydrogens is 390 g/mol. The summed E-state index contributed by atoms with van der Waals surface area (Å²) in [5.41, 5.74) is 2.17. The fourth-order valence-electron chi connectivity index (χ4n) is 3.23. The summed E-state index contributed by atoms with van der Waals surface area (Å²) in [6.07, 6.45) is 0. The molecule has 2 N–H and O–H groups in total. The number of hydrogen-bond donors (Lipinski definition) is 2. The molecule has 6 heteroatoms. The van der Waals surface area contributed by atoms with E-state index in [2.05, 4.69) is 50.2 Å². The Kier molecular flexibility index (Phi) is 9.06. The van der Waals surface area contributed by atoms with E-state index in [4.69, 9.17) is 4.74 Å². The Bertz CT molecular complexity index is 853. The van der Waals surface area contributed by atoms with Gasteiger partial charge < -0.3 is 20.3 Å².